The van der Waals surface area contributed by atoms with Crippen LogP contribution in [0.2, 0.25) is 0 Å². The van der Waals surface area contributed by atoms with E-state index in [1.54, 1.807) is 0 Å². The number of hydrogen-bond donors (Lipinski definition) is 2. The Bertz CT molecular complexity index is 603. The maximum Gasteiger partial charge on any atom is 0.339 e. The second-order valence-corrected chi connectivity index (χ2v) is 7.89. The van der Waals surface area contributed by atoms with Gasteiger partial charge in [-0.05, 0) is 43.1 Å². The van der Waals surface area contributed by atoms with Gasteiger partial charge in [-0.15, -0.1) is 11.3 Å². The Balaban J connectivity index is 1.85. The van der Waals surface area contributed by atoms with Crippen molar-refractivity contribution in [3.05, 3.63) is 16.0 Å². The Morgan fingerprint density at radius 3 is 2.67 bits per heavy atom. The van der Waals surface area contributed by atoms with E-state index in [-0.39, 0.29) is 17.2 Å². The highest BCUT2D eigenvalue weighted by molar-refractivity contribution is 7.17. The van der Waals surface area contributed by atoms with E-state index < -0.39 is 5.97 Å². The highest BCUT2D eigenvalue weighted by atomic mass is 32.1. The summed E-state index contributed by atoms with van der Waals surface area (Å²) in [4.78, 5) is 25.2. The molecule has 1 saturated carbocycles. The Morgan fingerprint density at radius 1 is 1.29 bits per heavy atom. The Morgan fingerprint density at radius 2 is 2.05 bits per heavy atom. The standard InChI is InChI=1S/C16H21NO3S/c1-16(2)8-4-6-10(16)13(18)17-14-12(15(19)20)9-5-3-7-11(9)21-14/h10H,3-8H2,1-2H3,(H,17,18)(H,19,20). The highest BCUT2D eigenvalue weighted by Gasteiger charge is 2.40. The quantitative estimate of drug-likeness (QED) is 0.894. The number of aromatic carboxylic acids is 1. The molecule has 114 valence electrons. The van der Waals surface area contributed by atoms with Crippen molar-refractivity contribution < 1.29 is 14.7 Å². The zero-order valence-corrected chi connectivity index (χ0v) is 13.3. The van der Waals surface area contributed by atoms with E-state index in [9.17, 15) is 14.7 Å². The molecule has 1 fully saturated rings. The maximum absolute atomic E-state index is 12.5. The second-order valence-electron chi connectivity index (χ2n) is 6.79. The summed E-state index contributed by atoms with van der Waals surface area (Å²) in [7, 11) is 0. The number of carbonyl (C=O) groups is 2. The molecule has 1 atom stereocenters. The van der Waals surface area contributed by atoms with Crippen molar-refractivity contribution in [2.45, 2.75) is 52.4 Å². The smallest absolute Gasteiger partial charge is 0.339 e. The Labute approximate surface area is 128 Å². The van der Waals surface area contributed by atoms with E-state index >= 15 is 0 Å². The minimum absolute atomic E-state index is 0.00740. The molecule has 21 heavy (non-hydrogen) atoms. The van der Waals surface area contributed by atoms with E-state index in [0.717, 1.165) is 49.0 Å². The molecule has 0 aromatic carbocycles. The molecule has 1 unspecified atom stereocenters. The number of hydrogen-bond acceptors (Lipinski definition) is 3. The van der Waals surface area contributed by atoms with E-state index in [1.165, 1.54) is 11.3 Å². The summed E-state index contributed by atoms with van der Waals surface area (Å²) >= 11 is 1.45. The van der Waals surface area contributed by atoms with Gasteiger partial charge in [-0.2, -0.15) is 0 Å². The van der Waals surface area contributed by atoms with Gasteiger partial charge in [0, 0.05) is 10.8 Å². The number of thiophene rings is 1. The van der Waals surface area contributed by atoms with Gasteiger partial charge in [0.1, 0.15) is 5.00 Å². The molecular weight excluding hydrogens is 286 g/mol. The van der Waals surface area contributed by atoms with Crippen LogP contribution in [0.3, 0.4) is 0 Å². The largest absolute Gasteiger partial charge is 0.478 e. The first kappa shape index (κ1) is 14.6. The Kier molecular flexibility index (Phi) is 3.56. The molecule has 1 heterocycles. The van der Waals surface area contributed by atoms with Gasteiger partial charge in [-0.3, -0.25) is 4.79 Å². The van der Waals surface area contributed by atoms with Gasteiger partial charge in [0.2, 0.25) is 5.91 Å². The average molecular weight is 307 g/mol. The van der Waals surface area contributed by atoms with Crippen molar-refractivity contribution in [1.29, 1.82) is 0 Å². The number of carboxylic acids is 1. The zero-order chi connectivity index (χ0) is 15.2. The molecule has 0 aliphatic heterocycles. The Hall–Kier alpha value is -1.36. The number of carboxylic acid groups (broad SMARTS) is 1. The molecular formula is C16H21NO3S. The fourth-order valence-electron chi connectivity index (χ4n) is 3.73. The molecule has 1 amide bonds. The lowest BCUT2D eigenvalue weighted by atomic mass is 9.81. The van der Waals surface area contributed by atoms with Crippen molar-refractivity contribution in [1.82, 2.24) is 0 Å². The second kappa shape index (κ2) is 5.13. The van der Waals surface area contributed by atoms with Crippen LogP contribution in [0.5, 0.6) is 0 Å². The van der Waals surface area contributed by atoms with Crippen molar-refractivity contribution in [2.75, 3.05) is 5.32 Å². The first-order valence-corrected chi connectivity index (χ1v) is 8.40. The molecule has 0 bridgehead atoms. The number of aryl methyl sites for hydroxylation is 1. The molecule has 4 nitrogen and oxygen atoms in total. The van der Waals surface area contributed by atoms with Crippen LogP contribution in [0.25, 0.3) is 0 Å². The summed E-state index contributed by atoms with van der Waals surface area (Å²) < 4.78 is 0. The van der Waals surface area contributed by atoms with E-state index in [0.29, 0.717) is 10.6 Å². The number of nitrogens with one attached hydrogen (secondary N) is 1. The summed E-state index contributed by atoms with van der Waals surface area (Å²) in [5.41, 5.74) is 1.28. The molecule has 1 aromatic rings. The minimum atomic E-state index is -0.921. The number of amides is 1. The SMILES string of the molecule is CC1(C)CCCC1C(=O)Nc1sc2c(c1C(=O)O)CCC2. The van der Waals surface area contributed by atoms with Crippen molar-refractivity contribution in [3.63, 3.8) is 0 Å². The lowest BCUT2D eigenvalue weighted by Crippen LogP contribution is -2.31. The number of anilines is 1. The van der Waals surface area contributed by atoms with Gasteiger partial charge in [0.05, 0.1) is 5.56 Å². The lowest BCUT2D eigenvalue weighted by molar-refractivity contribution is -0.122. The van der Waals surface area contributed by atoms with Gasteiger partial charge in [-0.25, -0.2) is 4.79 Å². The molecule has 2 aliphatic rings. The van der Waals surface area contributed by atoms with Crippen LogP contribution in [0.4, 0.5) is 5.00 Å². The molecule has 0 saturated heterocycles. The molecule has 0 radical (unpaired) electrons. The zero-order valence-electron chi connectivity index (χ0n) is 12.5. The molecule has 2 N–H and O–H groups in total. The predicted molar refractivity (Wildman–Crippen MR) is 83.1 cm³/mol. The first-order valence-electron chi connectivity index (χ1n) is 7.59. The highest BCUT2D eigenvalue weighted by Crippen LogP contribution is 2.44. The van der Waals surface area contributed by atoms with Crippen LogP contribution in [0.1, 0.15) is 60.3 Å². The predicted octanol–water partition coefficient (Wildman–Crippen LogP) is 3.70. The molecule has 1 aromatic heterocycles. The molecule has 5 heteroatoms. The van der Waals surface area contributed by atoms with Gasteiger partial charge in [-0.1, -0.05) is 20.3 Å². The fourth-order valence-corrected chi connectivity index (χ4v) is 5.01. The summed E-state index contributed by atoms with van der Waals surface area (Å²) in [5.74, 6) is -0.952. The average Bonchev–Trinajstić information content (AvgIpc) is 3.01. The molecule has 2 aliphatic carbocycles. The van der Waals surface area contributed by atoms with Crippen LogP contribution >= 0.6 is 11.3 Å². The molecule has 3 rings (SSSR count). The van der Waals surface area contributed by atoms with Crippen LogP contribution in [-0.2, 0) is 17.6 Å². The van der Waals surface area contributed by atoms with Gasteiger partial charge >= 0.3 is 5.97 Å². The van der Waals surface area contributed by atoms with Crippen LogP contribution in [0.15, 0.2) is 0 Å². The monoisotopic (exact) mass is 307 g/mol. The maximum atomic E-state index is 12.5. The van der Waals surface area contributed by atoms with Crippen molar-refractivity contribution >= 4 is 28.2 Å². The summed E-state index contributed by atoms with van der Waals surface area (Å²) in [6, 6.07) is 0. The third-order valence-corrected chi connectivity index (χ3v) is 6.15. The van der Waals surface area contributed by atoms with Gasteiger partial charge in [0.15, 0.2) is 0 Å². The minimum Gasteiger partial charge on any atom is -0.478 e. The number of fused-ring (bicyclic) bond motifs is 1. The summed E-state index contributed by atoms with van der Waals surface area (Å²) in [6.45, 7) is 4.24. The van der Waals surface area contributed by atoms with E-state index in [4.69, 9.17) is 0 Å². The van der Waals surface area contributed by atoms with E-state index in [1.807, 2.05) is 0 Å². The fraction of sp³-hybridized carbons (Fsp3) is 0.625. The van der Waals surface area contributed by atoms with Crippen LogP contribution < -0.4 is 5.32 Å². The normalized spacial score (nSPS) is 23.0. The number of carbonyl (C=O) groups excluding carboxylic acids is 1. The van der Waals surface area contributed by atoms with Gasteiger partial charge < -0.3 is 10.4 Å². The summed E-state index contributed by atoms with van der Waals surface area (Å²) in [5, 5.41) is 12.9. The molecule has 0 spiro atoms. The topological polar surface area (TPSA) is 66.4 Å². The number of rotatable bonds is 3. The van der Waals surface area contributed by atoms with Crippen molar-refractivity contribution in [3.8, 4) is 0 Å². The third-order valence-electron chi connectivity index (χ3n) is 4.95. The van der Waals surface area contributed by atoms with E-state index in [2.05, 4.69) is 19.2 Å². The van der Waals surface area contributed by atoms with Crippen molar-refractivity contribution in [2.24, 2.45) is 11.3 Å². The first-order chi connectivity index (χ1) is 9.90. The van der Waals surface area contributed by atoms with Crippen LogP contribution in [-0.4, -0.2) is 17.0 Å². The summed E-state index contributed by atoms with van der Waals surface area (Å²) in [6.07, 6.45) is 5.79. The van der Waals surface area contributed by atoms with Gasteiger partial charge in [0.25, 0.3) is 0 Å². The van der Waals surface area contributed by atoms with Crippen LogP contribution in [0, 0.1) is 11.3 Å². The lowest BCUT2D eigenvalue weighted by Gasteiger charge is -2.25. The third kappa shape index (κ3) is 2.48.